The number of benzene rings is 2. The average Bonchev–Trinajstić information content (AvgIpc) is 2.98. The summed E-state index contributed by atoms with van der Waals surface area (Å²) in [7, 11) is -2.05. The molecule has 4 heteroatoms. The summed E-state index contributed by atoms with van der Waals surface area (Å²) in [6.07, 6.45) is 1.57. The van der Waals surface area contributed by atoms with E-state index in [0.29, 0.717) is 0 Å². The van der Waals surface area contributed by atoms with Gasteiger partial charge in [0.15, 0.2) is 0 Å². The molecular formula is C16H14O2S2. The number of rotatable bonds is 1. The van der Waals surface area contributed by atoms with E-state index in [9.17, 15) is 8.42 Å². The summed E-state index contributed by atoms with van der Waals surface area (Å²) in [5.74, 6) is 0. The van der Waals surface area contributed by atoms with E-state index in [1.807, 2.05) is 48.5 Å². The second-order valence-electron chi connectivity index (χ2n) is 5.30. The lowest BCUT2D eigenvalue weighted by Gasteiger charge is -2.15. The molecule has 4 rings (SSSR count). The average molecular weight is 302 g/mol. The Labute approximate surface area is 123 Å². The molecule has 2 unspecified atom stereocenters. The lowest BCUT2D eigenvalue weighted by molar-refractivity contribution is 0.652. The standard InChI is InChI=1S/C16H14O2S2/c17-19-13-7-3-1-5-11(13)9-15(19)16-10-12-6-2-4-8-14(12)20(16)18/h1-8,15-16H,9-10H2/t15-,16-,19?,20?/m1/s1. The molecular weight excluding hydrogens is 288 g/mol. The highest BCUT2D eigenvalue weighted by atomic mass is 32.2. The first-order valence-corrected chi connectivity index (χ1v) is 9.15. The Bertz CT molecular complexity index is 675. The van der Waals surface area contributed by atoms with Crippen molar-refractivity contribution in [1.82, 2.24) is 0 Å². The summed E-state index contributed by atoms with van der Waals surface area (Å²) in [5, 5.41) is -0.0266. The zero-order valence-electron chi connectivity index (χ0n) is 10.8. The van der Waals surface area contributed by atoms with E-state index < -0.39 is 21.6 Å². The van der Waals surface area contributed by atoms with E-state index in [1.54, 1.807) is 0 Å². The molecule has 0 aromatic heterocycles. The molecule has 0 N–H and O–H groups in total. The van der Waals surface area contributed by atoms with Gasteiger partial charge in [0, 0.05) is 9.79 Å². The first-order chi connectivity index (χ1) is 9.75. The van der Waals surface area contributed by atoms with Crippen LogP contribution in [0.2, 0.25) is 0 Å². The van der Waals surface area contributed by atoms with Gasteiger partial charge in [-0.15, -0.1) is 0 Å². The van der Waals surface area contributed by atoms with Gasteiger partial charge >= 0.3 is 0 Å². The van der Waals surface area contributed by atoms with Gasteiger partial charge in [-0.25, -0.2) is 0 Å². The summed E-state index contributed by atoms with van der Waals surface area (Å²) < 4.78 is 25.3. The van der Waals surface area contributed by atoms with Gasteiger partial charge in [-0.1, -0.05) is 36.4 Å². The van der Waals surface area contributed by atoms with E-state index >= 15 is 0 Å². The molecule has 0 bridgehead atoms. The molecule has 2 nitrogen and oxygen atoms in total. The van der Waals surface area contributed by atoms with Crippen molar-refractivity contribution in [3.05, 3.63) is 59.7 Å². The van der Waals surface area contributed by atoms with Crippen LogP contribution < -0.4 is 0 Å². The molecule has 0 fully saturated rings. The Hall–Kier alpha value is -1.26. The molecule has 2 heterocycles. The van der Waals surface area contributed by atoms with Gasteiger partial charge in [0.1, 0.15) is 0 Å². The van der Waals surface area contributed by atoms with Crippen molar-refractivity contribution in [3.8, 4) is 0 Å². The SMILES string of the molecule is O=S1c2ccccc2C[C@@H]1[C@H]1Cc2ccccc2S1=O. The molecule has 102 valence electrons. The number of fused-ring (bicyclic) bond motifs is 2. The molecule has 2 aromatic carbocycles. The molecule has 0 saturated heterocycles. The van der Waals surface area contributed by atoms with Crippen molar-refractivity contribution in [2.75, 3.05) is 0 Å². The fourth-order valence-corrected chi connectivity index (χ4v) is 7.10. The second kappa shape index (κ2) is 4.64. The van der Waals surface area contributed by atoms with Crippen molar-refractivity contribution in [1.29, 1.82) is 0 Å². The zero-order valence-corrected chi connectivity index (χ0v) is 12.5. The Morgan fingerprint density at radius 2 is 1.10 bits per heavy atom. The molecule has 0 amide bonds. The van der Waals surface area contributed by atoms with Crippen molar-refractivity contribution < 1.29 is 8.42 Å². The minimum absolute atomic E-state index is 0.0133. The quantitative estimate of drug-likeness (QED) is 0.811. The first kappa shape index (κ1) is 12.5. The molecule has 0 saturated carbocycles. The van der Waals surface area contributed by atoms with Crippen LogP contribution in [-0.4, -0.2) is 18.9 Å². The highest BCUT2D eigenvalue weighted by molar-refractivity contribution is 7.90. The fraction of sp³-hybridized carbons (Fsp3) is 0.250. The maximum Gasteiger partial charge on any atom is 0.0585 e. The molecule has 2 aromatic rings. The molecule has 0 radical (unpaired) electrons. The zero-order chi connectivity index (χ0) is 13.7. The topological polar surface area (TPSA) is 34.1 Å². The molecule has 0 spiro atoms. The highest BCUT2D eigenvalue weighted by Gasteiger charge is 2.42. The minimum atomic E-state index is -1.03. The van der Waals surface area contributed by atoms with Crippen LogP contribution in [0.1, 0.15) is 11.1 Å². The van der Waals surface area contributed by atoms with Gasteiger partial charge in [-0.2, -0.15) is 0 Å². The number of hydrogen-bond acceptors (Lipinski definition) is 2. The summed E-state index contributed by atoms with van der Waals surface area (Å²) >= 11 is 0. The molecule has 0 aliphatic carbocycles. The molecule has 2 aliphatic rings. The predicted molar refractivity (Wildman–Crippen MR) is 80.7 cm³/mol. The maximum atomic E-state index is 12.7. The fourth-order valence-electron chi connectivity index (χ4n) is 3.19. The van der Waals surface area contributed by atoms with Crippen LogP contribution >= 0.6 is 0 Å². The Kier molecular flexibility index (Phi) is 2.89. The minimum Gasteiger partial charge on any atom is -0.254 e. The van der Waals surface area contributed by atoms with E-state index in [0.717, 1.165) is 33.8 Å². The third kappa shape index (κ3) is 1.75. The van der Waals surface area contributed by atoms with Crippen molar-refractivity contribution >= 4 is 21.6 Å². The van der Waals surface area contributed by atoms with Gasteiger partial charge in [-0.05, 0) is 36.1 Å². The van der Waals surface area contributed by atoms with Crippen LogP contribution in [0.3, 0.4) is 0 Å². The number of hydrogen-bond donors (Lipinski definition) is 0. The van der Waals surface area contributed by atoms with E-state index in [-0.39, 0.29) is 10.5 Å². The van der Waals surface area contributed by atoms with Gasteiger partial charge in [0.2, 0.25) is 0 Å². The van der Waals surface area contributed by atoms with Crippen molar-refractivity contribution in [2.24, 2.45) is 0 Å². The summed E-state index contributed by atoms with van der Waals surface area (Å²) in [6.45, 7) is 0. The maximum absolute atomic E-state index is 12.7. The van der Waals surface area contributed by atoms with E-state index in [1.165, 1.54) is 0 Å². The predicted octanol–water partition coefficient (Wildman–Crippen LogP) is 2.45. The molecule has 4 atom stereocenters. The largest absolute Gasteiger partial charge is 0.254 e. The van der Waals surface area contributed by atoms with Crippen LogP contribution in [0.5, 0.6) is 0 Å². The summed E-state index contributed by atoms with van der Waals surface area (Å²) in [5.41, 5.74) is 2.31. The van der Waals surface area contributed by atoms with Gasteiger partial charge < -0.3 is 0 Å². The monoisotopic (exact) mass is 302 g/mol. The molecule has 2 aliphatic heterocycles. The normalized spacial score (nSPS) is 31.0. The van der Waals surface area contributed by atoms with Crippen LogP contribution in [0.25, 0.3) is 0 Å². The van der Waals surface area contributed by atoms with Crippen molar-refractivity contribution in [3.63, 3.8) is 0 Å². The lowest BCUT2D eigenvalue weighted by atomic mass is 10.0. The lowest BCUT2D eigenvalue weighted by Crippen LogP contribution is -2.31. The van der Waals surface area contributed by atoms with Crippen LogP contribution in [0.4, 0.5) is 0 Å². The Morgan fingerprint density at radius 3 is 1.50 bits per heavy atom. The molecule has 20 heavy (non-hydrogen) atoms. The van der Waals surface area contributed by atoms with Gasteiger partial charge in [-0.3, -0.25) is 8.42 Å². The Balaban J connectivity index is 1.69. The van der Waals surface area contributed by atoms with Crippen LogP contribution in [0, 0.1) is 0 Å². The second-order valence-corrected chi connectivity index (χ2v) is 8.58. The van der Waals surface area contributed by atoms with Gasteiger partial charge in [0.05, 0.1) is 32.1 Å². The third-order valence-corrected chi connectivity index (χ3v) is 8.11. The van der Waals surface area contributed by atoms with E-state index in [4.69, 9.17) is 0 Å². The summed E-state index contributed by atoms with van der Waals surface area (Å²) in [4.78, 5) is 1.87. The highest BCUT2D eigenvalue weighted by Crippen LogP contribution is 2.37. The van der Waals surface area contributed by atoms with Gasteiger partial charge in [0.25, 0.3) is 0 Å². The smallest absolute Gasteiger partial charge is 0.0585 e. The van der Waals surface area contributed by atoms with Crippen molar-refractivity contribution in [2.45, 2.75) is 33.1 Å². The van der Waals surface area contributed by atoms with E-state index in [2.05, 4.69) is 0 Å². The van der Waals surface area contributed by atoms with Crippen LogP contribution in [0.15, 0.2) is 58.3 Å². The van der Waals surface area contributed by atoms with Crippen LogP contribution in [-0.2, 0) is 34.4 Å². The summed E-state index contributed by atoms with van der Waals surface area (Å²) in [6, 6.07) is 15.8. The first-order valence-electron chi connectivity index (χ1n) is 6.72. The third-order valence-electron chi connectivity index (χ3n) is 4.19. The Morgan fingerprint density at radius 1 is 0.700 bits per heavy atom.